The largest absolute Gasteiger partial charge is 0.507 e. The number of rotatable bonds is 5. The molecule has 2 aromatic carbocycles. The summed E-state index contributed by atoms with van der Waals surface area (Å²) >= 11 is 0. The number of phenolic OH excluding ortho intramolecular Hbond substituents is 1. The van der Waals surface area contributed by atoms with Crippen molar-refractivity contribution in [3.63, 3.8) is 0 Å². The molecule has 1 amide bonds. The van der Waals surface area contributed by atoms with Gasteiger partial charge in [-0.05, 0) is 43.0 Å². The van der Waals surface area contributed by atoms with Crippen LogP contribution in [0, 0.1) is 0 Å². The maximum Gasteiger partial charge on any atom is 0.258 e. The number of amides is 1. The van der Waals surface area contributed by atoms with Crippen LogP contribution in [0.1, 0.15) is 43.0 Å². The lowest BCUT2D eigenvalue weighted by atomic mass is 10.00. The number of para-hydroxylation sites is 1. The van der Waals surface area contributed by atoms with Gasteiger partial charge in [0.2, 0.25) is 0 Å². The van der Waals surface area contributed by atoms with Crippen molar-refractivity contribution in [3.05, 3.63) is 65.2 Å². The van der Waals surface area contributed by atoms with Crippen LogP contribution in [0.4, 0.5) is 0 Å². The van der Waals surface area contributed by atoms with Crippen LogP contribution in [0.25, 0.3) is 0 Å². The van der Waals surface area contributed by atoms with Crippen molar-refractivity contribution in [3.8, 4) is 5.75 Å². The molecule has 1 fully saturated rings. The molecule has 0 aromatic heterocycles. The monoisotopic (exact) mass is 370 g/mol. The van der Waals surface area contributed by atoms with E-state index in [1.165, 1.54) is 5.56 Å². The van der Waals surface area contributed by atoms with Crippen molar-refractivity contribution in [1.29, 1.82) is 0 Å². The number of carbonyl (C=O) groups is 1. The summed E-state index contributed by atoms with van der Waals surface area (Å²) in [7, 11) is 0. The maximum absolute atomic E-state index is 12.4. The Morgan fingerprint density at radius 1 is 1.19 bits per heavy atom. The van der Waals surface area contributed by atoms with Gasteiger partial charge in [0.05, 0.1) is 5.71 Å². The van der Waals surface area contributed by atoms with Crippen molar-refractivity contribution < 1.29 is 15.4 Å². The van der Waals surface area contributed by atoms with E-state index in [0.717, 1.165) is 12.0 Å². The Morgan fingerprint density at radius 2 is 1.89 bits per heavy atom. The lowest BCUT2D eigenvalue weighted by Crippen LogP contribution is -2.41. The van der Waals surface area contributed by atoms with Gasteiger partial charge in [0, 0.05) is 11.6 Å². The minimum absolute atomic E-state index is 0. The van der Waals surface area contributed by atoms with E-state index in [4.69, 9.17) is 0 Å². The molecule has 3 rings (SSSR count). The number of aromatic hydroxyl groups is 1. The molecule has 0 bridgehead atoms. The average Bonchev–Trinajstić information content (AvgIpc) is 3.16. The van der Waals surface area contributed by atoms with Gasteiger partial charge in [-0.15, -0.1) is 0 Å². The van der Waals surface area contributed by atoms with Crippen LogP contribution in [0.2, 0.25) is 0 Å². The van der Waals surface area contributed by atoms with Gasteiger partial charge < -0.3 is 10.6 Å². The van der Waals surface area contributed by atoms with E-state index in [0.29, 0.717) is 17.7 Å². The molecular weight excluding hydrogens is 344 g/mol. The molecule has 144 valence electrons. The zero-order valence-electron chi connectivity index (χ0n) is 15.5. The van der Waals surface area contributed by atoms with Crippen LogP contribution in [-0.4, -0.2) is 28.2 Å². The molecule has 0 spiro atoms. The smallest absolute Gasteiger partial charge is 0.258 e. The Hall–Kier alpha value is -2.74. The van der Waals surface area contributed by atoms with Crippen LogP contribution in [0.5, 0.6) is 5.75 Å². The highest BCUT2D eigenvalue weighted by Gasteiger charge is 2.30. The fourth-order valence-electron chi connectivity index (χ4n) is 2.99. The summed E-state index contributed by atoms with van der Waals surface area (Å²) in [5, 5.41) is 13.9. The number of hydrogen-bond donors (Lipinski definition) is 4. The summed E-state index contributed by atoms with van der Waals surface area (Å²) < 4.78 is 0. The molecule has 27 heavy (non-hydrogen) atoms. The third-order valence-electron chi connectivity index (χ3n) is 4.64. The van der Waals surface area contributed by atoms with Gasteiger partial charge in [-0.2, -0.15) is 5.10 Å². The number of nitrogens with one attached hydrogen (secondary N) is 3. The number of carbonyl (C=O) groups excluding carboxylic acids is 1. The fraction of sp³-hybridized carbons (Fsp3) is 0.300. The van der Waals surface area contributed by atoms with E-state index in [9.17, 15) is 9.90 Å². The number of aryl methyl sites for hydroxylation is 1. The van der Waals surface area contributed by atoms with Crippen LogP contribution in [-0.2, 0) is 11.2 Å². The molecule has 0 saturated carbocycles. The number of benzene rings is 2. The highest BCUT2D eigenvalue weighted by Crippen LogP contribution is 2.23. The van der Waals surface area contributed by atoms with Crippen LogP contribution >= 0.6 is 0 Å². The van der Waals surface area contributed by atoms with Gasteiger partial charge in [-0.25, -0.2) is 16.3 Å². The zero-order chi connectivity index (χ0) is 18.5. The Kier molecular flexibility index (Phi) is 7.06. The topological polar surface area (TPSA) is 117 Å². The molecule has 7 heteroatoms. The van der Waals surface area contributed by atoms with Crippen LogP contribution < -0.4 is 16.3 Å². The first-order valence-corrected chi connectivity index (χ1v) is 8.81. The predicted molar refractivity (Wildman–Crippen MR) is 105 cm³/mol. The molecule has 2 aromatic rings. The number of hydrazine groups is 1. The molecule has 1 aliphatic rings. The molecule has 0 aliphatic carbocycles. The van der Waals surface area contributed by atoms with Crippen LogP contribution in [0.3, 0.4) is 0 Å². The Morgan fingerprint density at radius 3 is 2.56 bits per heavy atom. The normalized spacial score (nSPS) is 19.4. The first-order chi connectivity index (χ1) is 12.6. The first-order valence-electron chi connectivity index (χ1n) is 8.81. The van der Waals surface area contributed by atoms with E-state index in [-0.39, 0.29) is 29.2 Å². The van der Waals surface area contributed by atoms with Crippen molar-refractivity contribution >= 4 is 11.6 Å². The summed E-state index contributed by atoms with van der Waals surface area (Å²) in [5.41, 5.74) is 12.4. The first kappa shape index (κ1) is 20.6. The summed E-state index contributed by atoms with van der Waals surface area (Å²) in [4.78, 5) is 12.4. The molecule has 6 N–H and O–H groups in total. The Labute approximate surface area is 158 Å². The van der Waals surface area contributed by atoms with Gasteiger partial charge in [0.1, 0.15) is 11.8 Å². The summed E-state index contributed by atoms with van der Waals surface area (Å²) in [6.07, 6.45) is 1.65. The molecule has 2 unspecified atom stereocenters. The lowest BCUT2D eigenvalue weighted by Gasteiger charge is -2.10. The van der Waals surface area contributed by atoms with Gasteiger partial charge in [0.25, 0.3) is 5.91 Å². The minimum atomic E-state index is -0.369. The second kappa shape index (κ2) is 9.27. The van der Waals surface area contributed by atoms with Gasteiger partial charge in [-0.1, -0.05) is 43.3 Å². The number of nitrogens with zero attached hydrogens (tertiary/aromatic N) is 1. The van der Waals surface area contributed by atoms with Gasteiger partial charge >= 0.3 is 0 Å². The second-order valence-electron chi connectivity index (χ2n) is 6.42. The molecule has 1 heterocycles. The minimum Gasteiger partial charge on any atom is -0.507 e. The summed E-state index contributed by atoms with van der Waals surface area (Å²) in [6.45, 7) is 3.87. The van der Waals surface area contributed by atoms with E-state index in [1.807, 2.05) is 6.07 Å². The fourth-order valence-corrected chi connectivity index (χ4v) is 2.99. The average molecular weight is 370 g/mol. The summed E-state index contributed by atoms with van der Waals surface area (Å²) in [6, 6.07) is 15.0. The van der Waals surface area contributed by atoms with Crippen LogP contribution in [0.15, 0.2) is 53.6 Å². The number of hydrazone groups is 1. The Bertz CT molecular complexity index is 805. The third-order valence-corrected chi connectivity index (χ3v) is 4.64. The standard InChI is InChI=1S/C20H24N4O2.H2O/c1-3-14-8-10-15(11-9-14)17-12-18(23-22-17)20(26)24-21-13(2)16-6-4-5-7-19(16)25;/h4-11,17-18,22-23,25H,3,12H2,1-2H3,(H,24,26);1H2/b21-13+;. The van der Waals surface area contributed by atoms with Gasteiger partial charge in [-0.3, -0.25) is 4.79 Å². The van der Waals surface area contributed by atoms with E-state index < -0.39 is 0 Å². The Balaban J connectivity index is 0.00000261. The van der Waals surface area contributed by atoms with Crippen molar-refractivity contribution in [2.24, 2.45) is 5.10 Å². The van der Waals surface area contributed by atoms with Gasteiger partial charge in [0.15, 0.2) is 0 Å². The lowest BCUT2D eigenvalue weighted by molar-refractivity contribution is -0.122. The molecule has 2 atom stereocenters. The SMILES string of the molecule is CCc1ccc(C2CC(C(=O)N/N=C(\C)c3ccccc3O)NN2)cc1.O. The highest BCUT2D eigenvalue weighted by atomic mass is 16.3. The number of hydrogen-bond acceptors (Lipinski definition) is 5. The van der Waals surface area contributed by atoms with E-state index in [1.54, 1.807) is 25.1 Å². The van der Waals surface area contributed by atoms with E-state index in [2.05, 4.69) is 52.6 Å². The summed E-state index contributed by atoms with van der Waals surface area (Å²) in [5.74, 6) is -0.0702. The second-order valence-corrected chi connectivity index (χ2v) is 6.42. The van der Waals surface area contributed by atoms with Crippen molar-refractivity contribution in [2.75, 3.05) is 0 Å². The van der Waals surface area contributed by atoms with Crippen molar-refractivity contribution in [1.82, 2.24) is 16.3 Å². The predicted octanol–water partition coefficient (Wildman–Crippen LogP) is 1.58. The number of phenols is 1. The molecule has 1 aliphatic heterocycles. The zero-order valence-corrected chi connectivity index (χ0v) is 15.5. The molecule has 1 saturated heterocycles. The van der Waals surface area contributed by atoms with Crippen molar-refractivity contribution in [2.45, 2.75) is 38.8 Å². The quantitative estimate of drug-likeness (QED) is 0.472. The molecule has 7 nitrogen and oxygen atoms in total. The van der Waals surface area contributed by atoms with E-state index >= 15 is 0 Å². The molecular formula is C20H26N4O3. The molecule has 0 radical (unpaired) electrons. The highest BCUT2D eigenvalue weighted by molar-refractivity contribution is 6.01. The maximum atomic E-state index is 12.4. The third kappa shape index (κ3) is 4.91.